The van der Waals surface area contributed by atoms with Crippen LogP contribution in [0.25, 0.3) is 0 Å². The second-order valence-electron chi connectivity index (χ2n) is 4.12. The molecule has 10 heteroatoms. The first-order valence-corrected chi connectivity index (χ1v) is 8.12. The molecule has 0 atom stereocenters. The van der Waals surface area contributed by atoms with Crippen LogP contribution >= 0.6 is 15.2 Å². The number of aliphatic hydroxyl groups is 1. The largest absolute Gasteiger partial charge is 0.369 e. The zero-order valence-corrected chi connectivity index (χ0v) is 11.5. The van der Waals surface area contributed by atoms with Crippen LogP contribution in [-0.4, -0.2) is 55.3 Å². The molecule has 0 heterocycles. The summed E-state index contributed by atoms with van der Waals surface area (Å²) in [6.45, 7) is 0.596. The quantitative estimate of drug-likeness (QED) is 0.319. The van der Waals surface area contributed by atoms with Crippen LogP contribution in [0, 0.1) is 0 Å². The molecule has 0 bridgehead atoms. The fourth-order valence-corrected chi connectivity index (χ4v) is 3.51. The summed E-state index contributed by atoms with van der Waals surface area (Å²) in [6.07, 6.45) is -0.0738. The summed E-state index contributed by atoms with van der Waals surface area (Å²) in [5, 5.41) is 6.24. The second-order valence-corrected chi connectivity index (χ2v) is 8.13. The third kappa shape index (κ3) is 4.77. The molecule has 0 aliphatic heterocycles. The van der Waals surface area contributed by atoms with Gasteiger partial charge in [0, 0.05) is 0 Å². The van der Waals surface area contributed by atoms with Crippen LogP contribution in [0.3, 0.4) is 0 Å². The average molecular weight is 291 g/mol. The van der Waals surface area contributed by atoms with Gasteiger partial charge in [-0.3, -0.25) is 9.13 Å². The Morgan fingerprint density at radius 2 is 1.41 bits per heavy atom. The molecular weight excluding hydrogens is 272 g/mol. The molecule has 0 saturated heterocycles. The van der Waals surface area contributed by atoms with E-state index in [4.69, 9.17) is 19.6 Å². The van der Waals surface area contributed by atoms with E-state index in [0.717, 1.165) is 0 Å². The zero-order valence-electron chi connectivity index (χ0n) is 9.72. The lowest BCUT2D eigenvalue weighted by molar-refractivity contribution is 0.120. The molecule has 0 aromatic rings. The summed E-state index contributed by atoms with van der Waals surface area (Å²) < 4.78 is 21.9. The molecule has 8 nitrogen and oxygen atoms in total. The summed E-state index contributed by atoms with van der Waals surface area (Å²) in [7, 11) is -7.01. The molecule has 0 aliphatic carbocycles. The van der Waals surface area contributed by atoms with Crippen LogP contribution in [0.1, 0.15) is 19.3 Å². The summed E-state index contributed by atoms with van der Waals surface area (Å²) in [5.74, 6) is 0. The number of hydrogen-bond acceptors (Lipinski definition) is 4. The summed E-state index contributed by atoms with van der Waals surface area (Å²) in [6, 6.07) is 0. The van der Waals surface area contributed by atoms with Gasteiger partial charge in [0.25, 0.3) is 5.08 Å². The molecule has 0 unspecified atom stereocenters. The lowest BCUT2D eigenvalue weighted by Gasteiger charge is -2.29. The Morgan fingerprint density at radius 3 is 1.71 bits per heavy atom. The first-order valence-electron chi connectivity index (χ1n) is 4.90. The highest BCUT2D eigenvalue weighted by Gasteiger charge is 2.58. The van der Waals surface area contributed by atoms with Gasteiger partial charge in [-0.05, 0) is 39.9 Å². The summed E-state index contributed by atoms with van der Waals surface area (Å²) >= 11 is 0. The molecule has 17 heavy (non-hydrogen) atoms. The van der Waals surface area contributed by atoms with E-state index in [1.807, 2.05) is 4.90 Å². The van der Waals surface area contributed by atoms with Gasteiger partial charge < -0.3 is 29.6 Å². The maximum Gasteiger partial charge on any atom is 0.369 e. The predicted molar refractivity (Wildman–Crippen MR) is 61.4 cm³/mol. The van der Waals surface area contributed by atoms with Crippen molar-refractivity contribution in [2.75, 3.05) is 20.6 Å². The standard InChI is InChI=1S/C7H19NO7P2/c1-8(2)6-4-3-5-7(9,16(10,11)12)17(13,14)15/h9H,3-6H2,1-2H3,(H2,10,11,12)(H2,13,14,15). The van der Waals surface area contributed by atoms with Crippen molar-refractivity contribution in [3.63, 3.8) is 0 Å². The lowest BCUT2D eigenvalue weighted by Crippen LogP contribution is -2.28. The van der Waals surface area contributed by atoms with Gasteiger partial charge >= 0.3 is 15.2 Å². The highest BCUT2D eigenvalue weighted by atomic mass is 31.2. The number of rotatable bonds is 7. The van der Waals surface area contributed by atoms with E-state index >= 15 is 0 Å². The lowest BCUT2D eigenvalue weighted by atomic mass is 10.2. The van der Waals surface area contributed by atoms with Crippen LogP contribution in [0.2, 0.25) is 0 Å². The smallest absolute Gasteiger partial charge is 0.368 e. The molecule has 0 aromatic heterocycles. The minimum Gasteiger partial charge on any atom is -0.368 e. The molecule has 0 spiro atoms. The minimum absolute atomic E-state index is 0.102. The van der Waals surface area contributed by atoms with Crippen LogP contribution in [0.15, 0.2) is 0 Å². The maximum absolute atomic E-state index is 11.0. The molecule has 0 rings (SSSR count). The van der Waals surface area contributed by atoms with Gasteiger partial charge in [0.1, 0.15) is 0 Å². The van der Waals surface area contributed by atoms with E-state index in [1.54, 1.807) is 14.1 Å². The van der Waals surface area contributed by atoms with Crippen molar-refractivity contribution in [2.45, 2.75) is 24.3 Å². The Bertz CT molecular complexity index is 311. The first-order chi connectivity index (χ1) is 7.42. The SMILES string of the molecule is CN(C)CCCCC(O)(P(=O)(O)O)P(=O)(O)O. The van der Waals surface area contributed by atoms with Gasteiger partial charge in [0.15, 0.2) is 0 Å². The van der Waals surface area contributed by atoms with Crippen LogP contribution in [0.4, 0.5) is 0 Å². The molecule has 0 fully saturated rings. The molecule has 0 amide bonds. The minimum atomic E-state index is -5.29. The average Bonchev–Trinajstić information content (AvgIpc) is 2.07. The van der Waals surface area contributed by atoms with Crippen molar-refractivity contribution in [1.82, 2.24) is 4.90 Å². The Morgan fingerprint density at radius 1 is 1.00 bits per heavy atom. The van der Waals surface area contributed by atoms with Gasteiger partial charge in [-0.1, -0.05) is 0 Å². The van der Waals surface area contributed by atoms with Crippen molar-refractivity contribution in [3.05, 3.63) is 0 Å². The van der Waals surface area contributed by atoms with E-state index < -0.39 is 26.7 Å². The number of hydrogen-bond donors (Lipinski definition) is 5. The monoisotopic (exact) mass is 291 g/mol. The van der Waals surface area contributed by atoms with E-state index in [2.05, 4.69) is 0 Å². The van der Waals surface area contributed by atoms with Crippen molar-refractivity contribution in [1.29, 1.82) is 0 Å². The highest BCUT2D eigenvalue weighted by Crippen LogP contribution is 2.69. The van der Waals surface area contributed by atoms with Crippen molar-refractivity contribution >= 4 is 15.2 Å². The molecule has 0 radical (unpaired) electrons. The molecular formula is C7H19NO7P2. The fraction of sp³-hybridized carbons (Fsp3) is 1.00. The predicted octanol–water partition coefficient (Wildman–Crippen LogP) is -0.280. The molecule has 104 valence electrons. The highest BCUT2D eigenvalue weighted by molar-refractivity contribution is 7.72. The Labute approximate surface area is 99.6 Å². The second kappa shape index (κ2) is 5.91. The van der Waals surface area contributed by atoms with Gasteiger partial charge in [0.2, 0.25) is 0 Å². The third-order valence-electron chi connectivity index (χ3n) is 2.30. The van der Waals surface area contributed by atoms with Gasteiger partial charge in [-0.15, -0.1) is 0 Å². The van der Waals surface area contributed by atoms with E-state index in [9.17, 15) is 14.2 Å². The van der Waals surface area contributed by atoms with Crippen molar-refractivity contribution in [2.24, 2.45) is 0 Å². The van der Waals surface area contributed by atoms with Crippen molar-refractivity contribution < 1.29 is 33.8 Å². The summed E-state index contributed by atoms with van der Waals surface area (Å²) in [4.78, 5) is 37.2. The Hall–Kier alpha value is 0.220. The molecule has 5 N–H and O–H groups in total. The Kier molecular flexibility index (Phi) is 5.98. The first kappa shape index (κ1) is 17.2. The fourth-order valence-electron chi connectivity index (χ4n) is 1.25. The number of unbranched alkanes of at least 4 members (excludes halogenated alkanes) is 1. The Balaban J connectivity index is 4.66. The van der Waals surface area contributed by atoms with Crippen LogP contribution < -0.4 is 0 Å². The normalized spacial score (nSPS) is 14.4. The van der Waals surface area contributed by atoms with Gasteiger partial charge in [-0.2, -0.15) is 0 Å². The van der Waals surface area contributed by atoms with Crippen molar-refractivity contribution in [3.8, 4) is 0 Å². The van der Waals surface area contributed by atoms with E-state index in [0.29, 0.717) is 13.0 Å². The maximum atomic E-state index is 11.0. The van der Waals surface area contributed by atoms with E-state index in [-0.39, 0.29) is 6.42 Å². The molecule has 0 aliphatic rings. The van der Waals surface area contributed by atoms with Gasteiger partial charge in [0.05, 0.1) is 0 Å². The molecule has 0 aromatic carbocycles. The van der Waals surface area contributed by atoms with Crippen LogP contribution in [0.5, 0.6) is 0 Å². The molecule has 0 saturated carbocycles. The van der Waals surface area contributed by atoms with Gasteiger partial charge in [-0.25, -0.2) is 0 Å². The third-order valence-corrected chi connectivity index (χ3v) is 6.18. The summed E-state index contributed by atoms with van der Waals surface area (Å²) in [5.41, 5.74) is 0. The number of nitrogens with zero attached hydrogens (tertiary/aromatic N) is 1. The zero-order chi connectivity index (χ0) is 13.9. The van der Waals surface area contributed by atoms with E-state index in [1.165, 1.54) is 0 Å². The topological polar surface area (TPSA) is 139 Å². The van der Waals surface area contributed by atoms with Crippen LogP contribution in [-0.2, 0) is 9.13 Å².